The van der Waals surface area contributed by atoms with E-state index in [-0.39, 0.29) is 5.69 Å². The number of nitrogens with two attached hydrogens (primary N) is 1. The standard InChI is InChI=1S/C11H12ClN5O/c1-2-7-9(13)10(17-16-7)11(18)15-8-5-6(12)3-4-14-8/h3-5H,2,13H2,1H3,(H,16,17)(H,14,15,18). The number of amides is 1. The highest BCUT2D eigenvalue weighted by Gasteiger charge is 2.16. The number of hydrogen-bond acceptors (Lipinski definition) is 4. The molecule has 6 nitrogen and oxygen atoms in total. The molecule has 0 atom stereocenters. The van der Waals surface area contributed by atoms with E-state index in [2.05, 4.69) is 20.5 Å². The number of aromatic nitrogens is 3. The monoisotopic (exact) mass is 265 g/mol. The van der Waals surface area contributed by atoms with Crippen LogP contribution in [0.2, 0.25) is 5.02 Å². The highest BCUT2D eigenvalue weighted by Crippen LogP contribution is 2.17. The number of pyridine rings is 1. The number of anilines is 2. The van der Waals surface area contributed by atoms with Crippen LogP contribution in [-0.4, -0.2) is 21.1 Å². The molecule has 7 heteroatoms. The number of carbonyl (C=O) groups excluding carboxylic acids is 1. The quantitative estimate of drug-likeness (QED) is 0.789. The van der Waals surface area contributed by atoms with E-state index in [4.69, 9.17) is 17.3 Å². The van der Waals surface area contributed by atoms with E-state index < -0.39 is 5.91 Å². The van der Waals surface area contributed by atoms with Gasteiger partial charge in [0.2, 0.25) is 0 Å². The van der Waals surface area contributed by atoms with Crippen LogP contribution in [-0.2, 0) is 6.42 Å². The average Bonchev–Trinajstić information content (AvgIpc) is 2.70. The van der Waals surface area contributed by atoms with Crippen molar-refractivity contribution in [1.82, 2.24) is 15.2 Å². The molecule has 0 saturated heterocycles. The van der Waals surface area contributed by atoms with Gasteiger partial charge in [-0.05, 0) is 18.6 Å². The maximum atomic E-state index is 11.9. The second-order valence-electron chi connectivity index (χ2n) is 3.63. The van der Waals surface area contributed by atoms with Crippen molar-refractivity contribution >= 4 is 29.0 Å². The predicted octanol–water partition coefficient (Wildman–Crippen LogP) is 1.85. The van der Waals surface area contributed by atoms with Crippen LogP contribution < -0.4 is 11.1 Å². The van der Waals surface area contributed by atoms with Crippen LogP contribution in [0.5, 0.6) is 0 Å². The van der Waals surface area contributed by atoms with Gasteiger partial charge in [-0.1, -0.05) is 18.5 Å². The van der Waals surface area contributed by atoms with Gasteiger partial charge in [0.25, 0.3) is 5.91 Å². The largest absolute Gasteiger partial charge is 0.395 e. The van der Waals surface area contributed by atoms with Crippen LogP contribution in [0.15, 0.2) is 18.3 Å². The smallest absolute Gasteiger partial charge is 0.279 e. The molecule has 0 fully saturated rings. The lowest BCUT2D eigenvalue weighted by atomic mass is 10.2. The van der Waals surface area contributed by atoms with Crippen molar-refractivity contribution < 1.29 is 4.79 Å². The fourth-order valence-corrected chi connectivity index (χ4v) is 1.64. The lowest BCUT2D eigenvalue weighted by Gasteiger charge is -2.03. The van der Waals surface area contributed by atoms with E-state index in [1.165, 1.54) is 6.20 Å². The fraction of sp³-hybridized carbons (Fsp3) is 0.182. The van der Waals surface area contributed by atoms with Gasteiger partial charge in [0.15, 0.2) is 5.69 Å². The zero-order valence-electron chi connectivity index (χ0n) is 9.70. The van der Waals surface area contributed by atoms with Crippen molar-refractivity contribution in [2.24, 2.45) is 0 Å². The predicted molar refractivity (Wildman–Crippen MR) is 69.6 cm³/mol. The molecule has 2 heterocycles. The van der Waals surface area contributed by atoms with Crippen LogP contribution in [0.3, 0.4) is 0 Å². The first-order valence-electron chi connectivity index (χ1n) is 5.37. The van der Waals surface area contributed by atoms with Crippen LogP contribution >= 0.6 is 11.6 Å². The van der Waals surface area contributed by atoms with E-state index >= 15 is 0 Å². The number of aryl methyl sites for hydroxylation is 1. The number of nitrogen functional groups attached to an aromatic ring is 1. The number of rotatable bonds is 3. The van der Waals surface area contributed by atoms with Gasteiger partial charge in [-0.15, -0.1) is 0 Å². The van der Waals surface area contributed by atoms with Crippen LogP contribution in [0.25, 0.3) is 0 Å². The molecule has 0 saturated carbocycles. The van der Waals surface area contributed by atoms with Crippen LogP contribution in [0.1, 0.15) is 23.1 Å². The molecule has 0 aromatic carbocycles. The fourth-order valence-electron chi connectivity index (χ4n) is 1.48. The summed E-state index contributed by atoms with van der Waals surface area (Å²) < 4.78 is 0. The summed E-state index contributed by atoms with van der Waals surface area (Å²) in [5, 5.41) is 9.67. The third-order valence-corrected chi connectivity index (χ3v) is 2.65. The summed E-state index contributed by atoms with van der Waals surface area (Å²) in [6.45, 7) is 1.92. The van der Waals surface area contributed by atoms with E-state index in [1.807, 2.05) is 6.92 Å². The van der Waals surface area contributed by atoms with Gasteiger partial charge in [0.1, 0.15) is 5.82 Å². The van der Waals surface area contributed by atoms with E-state index in [0.717, 1.165) is 5.69 Å². The Hall–Kier alpha value is -2.08. The summed E-state index contributed by atoms with van der Waals surface area (Å²) in [5.41, 5.74) is 7.05. The molecule has 0 spiro atoms. The van der Waals surface area contributed by atoms with E-state index in [9.17, 15) is 4.79 Å². The van der Waals surface area contributed by atoms with Gasteiger partial charge in [0.05, 0.1) is 11.4 Å². The van der Waals surface area contributed by atoms with Crippen molar-refractivity contribution in [2.45, 2.75) is 13.3 Å². The zero-order valence-corrected chi connectivity index (χ0v) is 10.5. The summed E-state index contributed by atoms with van der Waals surface area (Å²) in [6, 6.07) is 3.17. The summed E-state index contributed by atoms with van der Waals surface area (Å²) in [7, 11) is 0. The minimum Gasteiger partial charge on any atom is -0.395 e. The van der Waals surface area contributed by atoms with Crippen molar-refractivity contribution in [3.8, 4) is 0 Å². The van der Waals surface area contributed by atoms with Gasteiger partial charge in [-0.25, -0.2) is 4.98 Å². The topological polar surface area (TPSA) is 96.7 Å². The Bertz CT molecular complexity index is 581. The zero-order chi connectivity index (χ0) is 13.1. The Kier molecular flexibility index (Phi) is 3.47. The minimum atomic E-state index is -0.418. The average molecular weight is 266 g/mol. The molecule has 0 bridgehead atoms. The van der Waals surface area contributed by atoms with E-state index in [0.29, 0.717) is 22.9 Å². The van der Waals surface area contributed by atoms with Crippen LogP contribution in [0, 0.1) is 0 Å². The molecule has 4 N–H and O–H groups in total. The Morgan fingerprint density at radius 3 is 3.00 bits per heavy atom. The van der Waals surface area contributed by atoms with Gasteiger partial charge < -0.3 is 11.1 Å². The molecule has 2 aromatic rings. The summed E-state index contributed by atoms with van der Waals surface area (Å²) >= 11 is 5.79. The summed E-state index contributed by atoms with van der Waals surface area (Å²) in [6.07, 6.45) is 2.19. The molecule has 2 aromatic heterocycles. The molecular weight excluding hydrogens is 254 g/mol. The van der Waals surface area contributed by atoms with Crippen molar-refractivity contribution in [3.05, 3.63) is 34.7 Å². The number of H-pyrrole nitrogens is 1. The lowest BCUT2D eigenvalue weighted by Crippen LogP contribution is -2.15. The summed E-state index contributed by atoms with van der Waals surface area (Å²) in [5.74, 6) is -0.0637. The second-order valence-corrected chi connectivity index (χ2v) is 4.07. The third kappa shape index (κ3) is 2.43. The third-order valence-electron chi connectivity index (χ3n) is 2.42. The Balaban J connectivity index is 2.19. The minimum absolute atomic E-state index is 0.161. The van der Waals surface area contributed by atoms with Gasteiger partial charge in [-0.2, -0.15) is 5.10 Å². The molecule has 0 aliphatic heterocycles. The van der Waals surface area contributed by atoms with Crippen molar-refractivity contribution in [2.75, 3.05) is 11.1 Å². The second kappa shape index (κ2) is 5.05. The van der Waals surface area contributed by atoms with Gasteiger partial charge in [0, 0.05) is 11.2 Å². The Labute approximate surface area is 109 Å². The number of carbonyl (C=O) groups is 1. The molecule has 2 rings (SSSR count). The molecule has 0 aliphatic carbocycles. The van der Waals surface area contributed by atoms with Crippen molar-refractivity contribution in [1.29, 1.82) is 0 Å². The maximum absolute atomic E-state index is 11.9. The molecular formula is C11H12ClN5O. The highest BCUT2D eigenvalue weighted by atomic mass is 35.5. The molecule has 1 amide bonds. The molecule has 0 radical (unpaired) electrons. The first-order valence-corrected chi connectivity index (χ1v) is 5.75. The van der Waals surface area contributed by atoms with Gasteiger partial charge >= 0.3 is 0 Å². The first-order chi connectivity index (χ1) is 8.61. The molecule has 0 aliphatic rings. The molecule has 94 valence electrons. The maximum Gasteiger partial charge on any atom is 0.279 e. The number of halogens is 1. The van der Waals surface area contributed by atoms with Crippen molar-refractivity contribution in [3.63, 3.8) is 0 Å². The number of nitrogens with zero attached hydrogens (tertiary/aromatic N) is 2. The molecule has 18 heavy (non-hydrogen) atoms. The number of aromatic amines is 1. The summed E-state index contributed by atoms with van der Waals surface area (Å²) in [4.78, 5) is 15.9. The molecule has 0 unspecified atom stereocenters. The first kappa shape index (κ1) is 12.4. The Morgan fingerprint density at radius 2 is 2.39 bits per heavy atom. The number of hydrogen-bond donors (Lipinski definition) is 3. The normalized spacial score (nSPS) is 10.3. The van der Waals surface area contributed by atoms with Crippen LogP contribution in [0.4, 0.5) is 11.5 Å². The SMILES string of the molecule is CCc1[nH]nc(C(=O)Nc2cc(Cl)ccn2)c1N. The number of nitrogens with one attached hydrogen (secondary N) is 2. The Morgan fingerprint density at radius 1 is 1.61 bits per heavy atom. The highest BCUT2D eigenvalue weighted by molar-refractivity contribution is 6.30. The lowest BCUT2D eigenvalue weighted by molar-refractivity contribution is 0.102. The van der Waals surface area contributed by atoms with Gasteiger partial charge in [-0.3, -0.25) is 9.89 Å². The van der Waals surface area contributed by atoms with E-state index in [1.54, 1.807) is 12.1 Å².